The number of carbonyl (C=O) groups excluding carboxylic acids is 2. The molecule has 0 aliphatic carbocycles. The first-order valence-corrected chi connectivity index (χ1v) is 5.28. The topological polar surface area (TPSA) is 58.2 Å². The largest absolute Gasteiger partial charge is 0.354 e. The second-order valence-corrected chi connectivity index (χ2v) is 3.49. The van der Waals surface area contributed by atoms with Gasteiger partial charge in [-0.05, 0) is 13.3 Å². The van der Waals surface area contributed by atoms with Crippen molar-refractivity contribution < 1.29 is 9.59 Å². The lowest BCUT2D eigenvalue weighted by atomic mass is 10.2. The van der Waals surface area contributed by atoms with Crippen LogP contribution in [0.25, 0.3) is 0 Å². The maximum Gasteiger partial charge on any atom is 0.246 e. The highest BCUT2D eigenvalue weighted by atomic mass is 16.2. The summed E-state index contributed by atoms with van der Waals surface area (Å²) in [4.78, 5) is 22.2. The van der Waals surface area contributed by atoms with E-state index in [1.807, 2.05) is 6.92 Å². The van der Waals surface area contributed by atoms with Gasteiger partial charge in [0.05, 0.1) is 0 Å². The third-order valence-electron chi connectivity index (χ3n) is 1.88. The molecule has 4 nitrogen and oxygen atoms in total. The molecule has 0 rings (SSSR count). The lowest BCUT2D eigenvalue weighted by Gasteiger charge is -2.06. The van der Waals surface area contributed by atoms with E-state index in [0.29, 0.717) is 25.1 Å². The number of hydrogen-bond donors (Lipinski definition) is 2. The molecule has 15 heavy (non-hydrogen) atoms. The van der Waals surface area contributed by atoms with E-state index in [4.69, 9.17) is 0 Å². The van der Waals surface area contributed by atoms with Crippen molar-refractivity contribution in [2.24, 2.45) is 0 Å². The van der Waals surface area contributed by atoms with E-state index >= 15 is 0 Å². The zero-order chi connectivity index (χ0) is 11.7. The first kappa shape index (κ1) is 13.7. The van der Waals surface area contributed by atoms with Crippen molar-refractivity contribution in [3.8, 4) is 0 Å². The molecule has 0 heterocycles. The van der Waals surface area contributed by atoms with E-state index in [1.165, 1.54) is 0 Å². The monoisotopic (exact) mass is 212 g/mol. The molecule has 0 aromatic heterocycles. The highest BCUT2D eigenvalue weighted by Crippen LogP contribution is 1.92. The van der Waals surface area contributed by atoms with Crippen molar-refractivity contribution in [3.05, 3.63) is 12.2 Å². The Morgan fingerprint density at radius 3 is 2.33 bits per heavy atom. The summed E-state index contributed by atoms with van der Waals surface area (Å²) in [5.74, 6) is -0.126. The Morgan fingerprint density at radius 2 is 1.80 bits per heavy atom. The zero-order valence-electron chi connectivity index (χ0n) is 9.56. The third kappa shape index (κ3) is 7.73. The van der Waals surface area contributed by atoms with Crippen molar-refractivity contribution >= 4 is 11.8 Å². The van der Waals surface area contributed by atoms with Gasteiger partial charge in [0, 0.05) is 25.1 Å². The number of rotatable bonds is 7. The number of hydrogen-bond acceptors (Lipinski definition) is 2. The summed E-state index contributed by atoms with van der Waals surface area (Å²) < 4.78 is 0. The van der Waals surface area contributed by atoms with E-state index in [0.717, 1.165) is 12.8 Å². The van der Waals surface area contributed by atoms with Gasteiger partial charge in [0.15, 0.2) is 0 Å². The van der Waals surface area contributed by atoms with Crippen LogP contribution in [0, 0.1) is 0 Å². The number of carbonyl (C=O) groups is 2. The van der Waals surface area contributed by atoms with Crippen LogP contribution in [0.15, 0.2) is 12.2 Å². The fourth-order valence-electron chi connectivity index (χ4n) is 0.955. The van der Waals surface area contributed by atoms with Gasteiger partial charge in [-0.15, -0.1) is 0 Å². The van der Waals surface area contributed by atoms with E-state index in [1.54, 1.807) is 6.92 Å². The molecule has 4 heteroatoms. The van der Waals surface area contributed by atoms with Crippen molar-refractivity contribution in [3.63, 3.8) is 0 Å². The molecule has 0 bridgehead atoms. The van der Waals surface area contributed by atoms with E-state index in [-0.39, 0.29) is 11.8 Å². The van der Waals surface area contributed by atoms with Crippen LogP contribution in [0.5, 0.6) is 0 Å². The SMILES string of the molecule is C=C(C)C(=O)NCCNC(=O)CCCC. The van der Waals surface area contributed by atoms with Gasteiger partial charge in [0.1, 0.15) is 0 Å². The summed E-state index contributed by atoms with van der Waals surface area (Å²) in [5, 5.41) is 5.37. The number of unbranched alkanes of at least 4 members (excludes halogenated alkanes) is 1. The van der Waals surface area contributed by atoms with Crippen LogP contribution in [-0.2, 0) is 9.59 Å². The molecule has 0 saturated carbocycles. The summed E-state index contributed by atoms with van der Waals surface area (Å²) in [6.45, 7) is 8.12. The minimum absolute atomic E-state index is 0.0430. The Hall–Kier alpha value is -1.32. The van der Waals surface area contributed by atoms with Gasteiger partial charge in [0.2, 0.25) is 11.8 Å². The summed E-state index contributed by atoms with van der Waals surface area (Å²) in [6.07, 6.45) is 2.48. The van der Waals surface area contributed by atoms with E-state index in [9.17, 15) is 9.59 Å². The number of amides is 2. The Kier molecular flexibility index (Phi) is 7.32. The third-order valence-corrected chi connectivity index (χ3v) is 1.88. The van der Waals surface area contributed by atoms with Crippen LogP contribution in [0.1, 0.15) is 33.1 Å². The van der Waals surface area contributed by atoms with Gasteiger partial charge in [-0.3, -0.25) is 9.59 Å². The molecule has 86 valence electrons. The van der Waals surface area contributed by atoms with Gasteiger partial charge in [-0.1, -0.05) is 19.9 Å². The summed E-state index contributed by atoms with van der Waals surface area (Å²) in [7, 11) is 0. The predicted molar refractivity (Wildman–Crippen MR) is 60.4 cm³/mol. The molecule has 0 unspecified atom stereocenters. The lowest BCUT2D eigenvalue weighted by molar-refractivity contribution is -0.121. The molecular weight excluding hydrogens is 192 g/mol. The quantitative estimate of drug-likeness (QED) is 0.488. The highest BCUT2D eigenvalue weighted by molar-refractivity contribution is 5.92. The van der Waals surface area contributed by atoms with Gasteiger partial charge >= 0.3 is 0 Å². The molecule has 0 atom stereocenters. The normalized spacial score (nSPS) is 9.47. The van der Waals surface area contributed by atoms with Crippen LogP contribution < -0.4 is 10.6 Å². The first-order chi connectivity index (χ1) is 7.07. The van der Waals surface area contributed by atoms with Gasteiger partial charge in [-0.2, -0.15) is 0 Å². The highest BCUT2D eigenvalue weighted by Gasteiger charge is 2.01. The Morgan fingerprint density at radius 1 is 1.20 bits per heavy atom. The molecule has 0 radical (unpaired) electrons. The molecule has 0 aromatic carbocycles. The Balaban J connectivity index is 3.42. The standard InChI is InChI=1S/C11H20N2O2/c1-4-5-6-10(14)12-7-8-13-11(15)9(2)3/h2,4-8H2,1,3H3,(H,12,14)(H,13,15). The van der Waals surface area contributed by atoms with Crippen molar-refractivity contribution in [1.82, 2.24) is 10.6 Å². The van der Waals surface area contributed by atoms with Gasteiger partial charge in [-0.25, -0.2) is 0 Å². The minimum atomic E-state index is -0.169. The maximum absolute atomic E-state index is 11.1. The average Bonchev–Trinajstić information content (AvgIpc) is 2.20. The Labute approximate surface area is 91.1 Å². The van der Waals surface area contributed by atoms with Crippen molar-refractivity contribution in [2.75, 3.05) is 13.1 Å². The van der Waals surface area contributed by atoms with Gasteiger partial charge < -0.3 is 10.6 Å². The molecule has 0 aliphatic heterocycles. The second kappa shape index (κ2) is 8.03. The summed E-state index contributed by atoms with van der Waals surface area (Å²) >= 11 is 0. The summed E-state index contributed by atoms with van der Waals surface area (Å²) in [5.41, 5.74) is 0.479. The second-order valence-electron chi connectivity index (χ2n) is 3.49. The summed E-state index contributed by atoms with van der Waals surface area (Å²) in [6, 6.07) is 0. The van der Waals surface area contributed by atoms with Crippen LogP contribution in [-0.4, -0.2) is 24.9 Å². The van der Waals surface area contributed by atoms with E-state index in [2.05, 4.69) is 17.2 Å². The molecule has 0 spiro atoms. The average molecular weight is 212 g/mol. The predicted octanol–water partition coefficient (Wildman–Crippen LogP) is 0.985. The first-order valence-electron chi connectivity index (χ1n) is 5.28. The van der Waals surface area contributed by atoms with Crippen LogP contribution in [0.2, 0.25) is 0 Å². The fraction of sp³-hybridized carbons (Fsp3) is 0.636. The van der Waals surface area contributed by atoms with Crippen LogP contribution in [0.4, 0.5) is 0 Å². The number of nitrogens with one attached hydrogen (secondary N) is 2. The molecule has 2 N–H and O–H groups in total. The van der Waals surface area contributed by atoms with Crippen LogP contribution >= 0.6 is 0 Å². The molecule has 0 aliphatic rings. The zero-order valence-corrected chi connectivity index (χ0v) is 9.56. The lowest BCUT2D eigenvalue weighted by Crippen LogP contribution is -2.34. The molecular formula is C11H20N2O2. The van der Waals surface area contributed by atoms with Crippen molar-refractivity contribution in [1.29, 1.82) is 0 Å². The molecule has 0 saturated heterocycles. The van der Waals surface area contributed by atoms with Crippen LogP contribution in [0.3, 0.4) is 0 Å². The molecule has 2 amide bonds. The fourth-order valence-corrected chi connectivity index (χ4v) is 0.955. The molecule has 0 fully saturated rings. The smallest absolute Gasteiger partial charge is 0.246 e. The van der Waals surface area contributed by atoms with E-state index < -0.39 is 0 Å². The van der Waals surface area contributed by atoms with Gasteiger partial charge in [0.25, 0.3) is 0 Å². The van der Waals surface area contributed by atoms with Crippen molar-refractivity contribution in [2.45, 2.75) is 33.1 Å². The molecule has 0 aromatic rings. The Bertz CT molecular complexity index is 237. The maximum atomic E-state index is 11.1. The minimum Gasteiger partial charge on any atom is -0.354 e.